The highest BCUT2D eigenvalue weighted by Crippen LogP contribution is 2.26. The summed E-state index contributed by atoms with van der Waals surface area (Å²) in [5.74, 6) is 0.316. The minimum absolute atomic E-state index is 0.157. The number of anilines is 1. The lowest BCUT2D eigenvalue weighted by Crippen LogP contribution is -2.31. The lowest BCUT2D eigenvalue weighted by atomic mass is 10.1. The molecule has 0 heterocycles. The quantitative estimate of drug-likeness (QED) is 0.704. The number of amides is 1. The lowest BCUT2D eigenvalue weighted by Gasteiger charge is -2.20. The van der Waals surface area contributed by atoms with Crippen LogP contribution in [0, 0.1) is 27.7 Å². The Morgan fingerprint density at radius 1 is 1.00 bits per heavy atom. The van der Waals surface area contributed by atoms with Crippen LogP contribution in [0.25, 0.3) is 0 Å². The number of hydrogen-bond donors (Lipinski definition) is 1. The largest absolute Gasteiger partial charge is 0.483 e. The summed E-state index contributed by atoms with van der Waals surface area (Å²) in [6.45, 7) is 11.8. The molecule has 7 heteroatoms. The Labute approximate surface area is 173 Å². The summed E-state index contributed by atoms with van der Waals surface area (Å²) in [5.41, 5.74) is 4.09. The van der Waals surface area contributed by atoms with Crippen LogP contribution in [0.15, 0.2) is 35.2 Å². The van der Waals surface area contributed by atoms with E-state index in [1.165, 1.54) is 10.4 Å². The third-order valence-corrected chi connectivity index (χ3v) is 6.99. The van der Waals surface area contributed by atoms with Crippen LogP contribution in [-0.2, 0) is 14.8 Å². The van der Waals surface area contributed by atoms with E-state index >= 15 is 0 Å². The van der Waals surface area contributed by atoms with E-state index in [1.54, 1.807) is 19.9 Å². The molecule has 0 aromatic heterocycles. The summed E-state index contributed by atoms with van der Waals surface area (Å²) in [7, 11) is -3.61. The molecule has 6 nitrogen and oxygen atoms in total. The molecule has 0 atom stereocenters. The number of aryl methyl sites for hydroxylation is 3. The summed E-state index contributed by atoms with van der Waals surface area (Å²) >= 11 is 0. The Morgan fingerprint density at radius 3 is 2.28 bits per heavy atom. The van der Waals surface area contributed by atoms with Crippen molar-refractivity contribution in [1.29, 1.82) is 0 Å². The molecule has 2 aromatic rings. The molecule has 0 aliphatic heterocycles. The Balaban J connectivity index is 2.23. The zero-order valence-electron chi connectivity index (χ0n) is 18.0. The summed E-state index contributed by atoms with van der Waals surface area (Å²) in [4.78, 5) is 12.6. The summed E-state index contributed by atoms with van der Waals surface area (Å²) in [5, 5.41) is 2.80. The van der Waals surface area contributed by atoms with Crippen LogP contribution in [0.3, 0.4) is 0 Å². The molecule has 0 unspecified atom stereocenters. The molecule has 0 aliphatic rings. The van der Waals surface area contributed by atoms with Gasteiger partial charge in [-0.2, -0.15) is 4.31 Å². The highest BCUT2D eigenvalue weighted by molar-refractivity contribution is 7.89. The van der Waals surface area contributed by atoms with Crippen LogP contribution < -0.4 is 10.1 Å². The number of ether oxygens (including phenoxy) is 1. The van der Waals surface area contributed by atoms with E-state index in [-0.39, 0.29) is 17.4 Å². The second kappa shape index (κ2) is 9.41. The van der Waals surface area contributed by atoms with Gasteiger partial charge in [0.05, 0.1) is 4.90 Å². The molecular weight excluding hydrogens is 388 g/mol. The van der Waals surface area contributed by atoms with Gasteiger partial charge >= 0.3 is 0 Å². The highest BCUT2D eigenvalue weighted by atomic mass is 32.2. The van der Waals surface area contributed by atoms with Crippen molar-refractivity contribution in [1.82, 2.24) is 4.31 Å². The number of hydrogen-bond acceptors (Lipinski definition) is 4. The molecule has 2 rings (SSSR count). The van der Waals surface area contributed by atoms with Gasteiger partial charge in [-0.25, -0.2) is 8.42 Å². The van der Waals surface area contributed by atoms with Crippen molar-refractivity contribution >= 4 is 21.6 Å². The van der Waals surface area contributed by atoms with Crippen LogP contribution >= 0.6 is 0 Å². The molecule has 0 fully saturated rings. The fourth-order valence-corrected chi connectivity index (χ4v) is 4.58. The molecule has 0 radical (unpaired) electrons. The fraction of sp³-hybridized carbons (Fsp3) is 0.409. The monoisotopic (exact) mass is 418 g/mol. The Morgan fingerprint density at radius 2 is 1.66 bits per heavy atom. The molecule has 0 saturated heterocycles. The van der Waals surface area contributed by atoms with Gasteiger partial charge in [0.1, 0.15) is 5.75 Å². The molecule has 1 amide bonds. The predicted molar refractivity (Wildman–Crippen MR) is 116 cm³/mol. The van der Waals surface area contributed by atoms with Gasteiger partial charge in [0.25, 0.3) is 5.91 Å². The first kappa shape index (κ1) is 22.9. The molecule has 158 valence electrons. The average molecular weight is 419 g/mol. The van der Waals surface area contributed by atoms with Crippen molar-refractivity contribution in [2.75, 3.05) is 25.0 Å². The van der Waals surface area contributed by atoms with Crippen molar-refractivity contribution in [3.8, 4) is 5.75 Å². The smallest absolute Gasteiger partial charge is 0.262 e. The fourth-order valence-electron chi connectivity index (χ4n) is 3.01. The van der Waals surface area contributed by atoms with Crippen molar-refractivity contribution in [2.24, 2.45) is 0 Å². The van der Waals surface area contributed by atoms with Crippen molar-refractivity contribution in [2.45, 2.75) is 46.4 Å². The molecule has 2 aromatic carbocycles. The molecular formula is C22H30N2O4S. The van der Waals surface area contributed by atoms with Crippen molar-refractivity contribution in [3.63, 3.8) is 0 Å². The van der Waals surface area contributed by atoms with Gasteiger partial charge < -0.3 is 10.1 Å². The topological polar surface area (TPSA) is 75.7 Å². The molecule has 1 N–H and O–H groups in total. The van der Waals surface area contributed by atoms with Crippen molar-refractivity contribution < 1.29 is 17.9 Å². The SMILES string of the molecule is CCN(CC)S(=O)(=O)c1cc(C)c(C)c(NC(=O)COc2cc(C)ccc2C)c1. The van der Waals surface area contributed by atoms with Crippen molar-refractivity contribution in [3.05, 3.63) is 52.6 Å². The van der Waals surface area contributed by atoms with Gasteiger partial charge in [-0.1, -0.05) is 26.0 Å². The first-order valence-electron chi connectivity index (χ1n) is 9.71. The van der Waals surface area contributed by atoms with E-state index in [1.807, 2.05) is 45.9 Å². The van der Waals surface area contributed by atoms with E-state index in [0.29, 0.717) is 24.5 Å². The Kier molecular flexibility index (Phi) is 7.43. The minimum Gasteiger partial charge on any atom is -0.483 e. The third kappa shape index (κ3) is 5.36. The number of nitrogens with one attached hydrogen (secondary N) is 1. The average Bonchev–Trinajstić information content (AvgIpc) is 2.66. The van der Waals surface area contributed by atoms with E-state index in [9.17, 15) is 13.2 Å². The van der Waals surface area contributed by atoms with Crippen LogP contribution in [0.2, 0.25) is 0 Å². The third-order valence-electron chi connectivity index (χ3n) is 4.96. The van der Waals surface area contributed by atoms with Gasteiger partial charge in [-0.05, 0) is 68.1 Å². The second-order valence-corrected chi connectivity index (χ2v) is 9.05. The minimum atomic E-state index is -3.61. The second-order valence-electron chi connectivity index (χ2n) is 7.11. The first-order valence-corrected chi connectivity index (χ1v) is 11.1. The van der Waals surface area contributed by atoms with Gasteiger partial charge in [0, 0.05) is 18.8 Å². The molecule has 0 bridgehead atoms. The molecule has 0 saturated carbocycles. The van der Waals surface area contributed by atoms with Gasteiger partial charge in [0.15, 0.2) is 6.61 Å². The number of carbonyl (C=O) groups excluding carboxylic acids is 1. The number of sulfonamides is 1. The van der Waals surface area contributed by atoms with E-state index < -0.39 is 10.0 Å². The lowest BCUT2D eigenvalue weighted by molar-refractivity contribution is -0.118. The van der Waals surface area contributed by atoms with Gasteiger partial charge in [0.2, 0.25) is 10.0 Å². The molecule has 0 aliphatic carbocycles. The number of carbonyl (C=O) groups is 1. The highest BCUT2D eigenvalue weighted by Gasteiger charge is 2.23. The normalized spacial score (nSPS) is 11.6. The van der Waals surface area contributed by atoms with E-state index in [0.717, 1.165) is 22.3 Å². The first-order chi connectivity index (χ1) is 13.6. The number of benzene rings is 2. The summed E-state index contributed by atoms with van der Waals surface area (Å²) in [6.07, 6.45) is 0. The van der Waals surface area contributed by atoms with E-state index in [2.05, 4.69) is 5.32 Å². The van der Waals surface area contributed by atoms with Crippen LogP contribution in [0.5, 0.6) is 5.75 Å². The van der Waals surface area contributed by atoms with Gasteiger partial charge in [-0.15, -0.1) is 0 Å². The summed E-state index contributed by atoms with van der Waals surface area (Å²) in [6, 6.07) is 8.97. The maximum absolute atomic E-state index is 12.9. The number of nitrogens with zero attached hydrogens (tertiary/aromatic N) is 1. The Bertz CT molecular complexity index is 996. The zero-order valence-corrected chi connectivity index (χ0v) is 18.8. The zero-order chi connectivity index (χ0) is 21.8. The van der Waals surface area contributed by atoms with E-state index in [4.69, 9.17) is 4.74 Å². The molecule has 0 spiro atoms. The molecule has 29 heavy (non-hydrogen) atoms. The maximum atomic E-state index is 12.9. The summed E-state index contributed by atoms with van der Waals surface area (Å²) < 4.78 is 32.8. The Hall–Kier alpha value is -2.38. The van der Waals surface area contributed by atoms with Crippen LogP contribution in [-0.4, -0.2) is 38.3 Å². The maximum Gasteiger partial charge on any atom is 0.262 e. The van der Waals surface area contributed by atoms with Gasteiger partial charge in [-0.3, -0.25) is 4.79 Å². The van der Waals surface area contributed by atoms with Crippen LogP contribution in [0.4, 0.5) is 5.69 Å². The predicted octanol–water partition coefficient (Wildman–Crippen LogP) is 3.97. The van der Waals surface area contributed by atoms with Crippen LogP contribution in [0.1, 0.15) is 36.1 Å². The number of rotatable bonds is 8. The standard InChI is InChI=1S/C22H30N2O4S/c1-7-24(8-2)29(26,27)19-12-17(5)18(6)20(13-19)23-22(25)14-28-21-11-15(3)9-10-16(21)4/h9-13H,7-8,14H2,1-6H3,(H,23,25).